The number of hydrogen-bond acceptors (Lipinski definition) is 5. The van der Waals surface area contributed by atoms with E-state index in [9.17, 15) is 0 Å². The van der Waals surface area contributed by atoms with E-state index in [0.717, 1.165) is 50.6 Å². The molecular formula is C12H18N4S. The van der Waals surface area contributed by atoms with Crippen molar-refractivity contribution in [2.24, 2.45) is 0 Å². The molecule has 1 saturated heterocycles. The van der Waals surface area contributed by atoms with E-state index in [1.165, 1.54) is 16.4 Å². The van der Waals surface area contributed by atoms with Crippen LogP contribution in [0.1, 0.15) is 18.4 Å². The van der Waals surface area contributed by atoms with E-state index in [4.69, 9.17) is 4.98 Å². The smallest absolute Gasteiger partial charge is 0.146 e. The number of piperazine rings is 1. The van der Waals surface area contributed by atoms with Gasteiger partial charge in [0, 0.05) is 44.8 Å². The van der Waals surface area contributed by atoms with Crippen molar-refractivity contribution < 1.29 is 0 Å². The van der Waals surface area contributed by atoms with E-state index in [2.05, 4.69) is 22.1 Å². The van der Waals surface area contributed by atoms with Crippen LogP contribution >= 0.6 is 11.8 Å². The van der Waals surface area contributed by atoms with Gasteiger partial charge in [0.25, 0.3) is 0 Å². The summed E-state index contributed by atoms with van der Waals surface area (Å²) in [5.41, 5.74) is 1.27. The van der Waals surface area contributed by atoms with Gasteiger partial charge in [0.15, 0.2) is 0 Å². The van der Waals surface area contributed by atoms with Crippen molar-refractivity contribution in [1.82, 2.24) is 15.3 Å². The predicted octanol–water partition coefficient (Wildman–Crippen LogP) is 1.10. The van der Waals surface area contributed by atoms with E-state index >= 15 is 0 Å². The average Bonchev–Trinajstić information content (AvgIpc) is 2.86. The van der Waals surface area contributed by atoms with Gasteiger partial charge in [-0.05, 0) is 0 Å². The summed E-state index contributed by atoms with van der Waals surface area (Å²) in [6.07, 6.45) is 2.03. The van der Waals surface area contributed by atoms with Gasteiger partial charge in [0.2, 0.25) is 0 Å². The second kappa shape index (κ2) is 4.82. The fraction of sp³-hybridized carbons (Fsp3) is 0.667. The molecular weight excluding hydrogens is 232 g/mol. The van der Waals surface area contributed by atoms with Crippen molar-refractivity contribution in [3.8, 4) is 0 Å². The SMILES string of the molecule is CCc1nc2c(c(N3CCNCC3)n1)SCC2. The first-order valence-corrected chi connectivity index (χ1v) is 7.35. The Morgan fingerprint density at radius 3 is 2.88 bits per heavy atom. The summed E-state index contributed by atoms with van der Waals surface area (Å²) in [6, 6.07) is 0. The van der Waals surface area contributed by atoms with Crippen molar-refractivity contribution >= 4 is 17.6 Å². The van der Waals surface area contributed by atoms with Gasteiger partial charge < -0.3 is 10.2 Å². The van der Waals surface area contributed by atoms with Crippen LogP contribution in [-0.4, -0.2) is 41.9 Å². The Kier molecular flexibility index (Phi) is 3.20. The summed E-state index contributed by atoms with van der Waals surface area (Å²) in [5, 5.41) is 3.39. The predicted molar refractivity (Wildman–Crippen MR) is 70.9 cm³/mol. The Morgan fingerprint density at radius 2 is 2.12 bits per heavy atom. The number of nitrogens with one attached hydrogen (secondary N) is 1. The third-order valence-corrected chi connectivity index (χ3v) is 4.40. The molecule has 0 radical (unpaired) electrons. The van der Waals surface area contributed by atoms with Gasteiger partial charge in [-0.1, -0.05) is 6.92 Å². The lowest BCUT2D eigenvalue weighted by molar-refractivity contribution is 0.579. The Balaban J connectivity index is 1.98. The lowest BCUT2D eigenvalue weighted by atomic mass is 10.2. The van der Waals surface area contributed by atoms with E-state index in [0.29, 0.717) is 0 Å². The van der Waals surface area contributed by atoms with Gasteiger partial charge in [-0.2, -0.15) is 0 Å². The topological polar surface area (TPSA) is 41.1 Å². The van der Waals surface area contributed by atoms with Crippen molar-refractivity contribution in [2.45, 2.75) is 24.7 Å². The maximum atomic E-state index is 4.75. The summed E-state index contributed by atoms with van der Waals surface area (Å²) >= 11 is 1.92. The number of aryl methyl sites for hydroxylation is 2. The minimum Gasteiger partial charge on any atom is -0.353 e. The average molecular weight is 250 g/mol. The second-order valence-electron chi connectivity index (χ2n) is 4.43. The standard InChI is InChI=1S/C12H18N4S/c1-2-10-14-9-3-8-17-11(9)12(15-10)16-6-4-13-5-7-16/h13H,2-8H2,1H3. The minimum atomic E-state index is 0.928. The van der Waals surface area contributed by atoms with E-state index < -0.39 is 0 Å². The van der Waals surface area contributed by atoms with Gasteiger partial charge in [-0.15, -0.1) is 11.8 Å². The molecule has 0 amide bonds. The molecule has 3 rings (SSSR count). The molecule has 0 atom stereocenters. The summed E-state index contributed by atoms with van der Waals surface area (Å²) in [6.45, 7) is 6.38. The minimum absolute atomic E-state index is 0.928. The number of rotatable bonds is 2. The summed E-state index contributed by atoms with van der Waals surface area (Å²) in [7, 11) is 0. The maximum Gasteiger partial charge on any atom is 0.146 e. The molecule has 3 heterocycles. The molecule has 2 aliphatic rings. The van der Waals surface area contributed by atoms with Crippen LogP contribution in [0.4, 0.5) is 5.82 Å². The van der Waals surface area contributed by atoms with Gasteiger partial charge >= 0.3 is 0 Å². The lowest BCUT2D eigenvalue weighted by Gasteiger charge is -2.29. The quantitative estimate of drug-likeness (QED) is 0.851. The van der Waals surface area contributed by atoms with E-state index in [1.807, 2.05) is 11.8 Å². The molecule has 5 heteroatoms. The van der Waals surface area contributed by atoms with Crippen LogP contribution in [0.2, 0.25) is 0 Å². The molecule has 1 fully saturated rings. The van der Waals surface area contributed by atoms with E-state index in [-0.39, 0.29) is 0 Å². The van der Waals surface area contributed by atoms with Crippen LogP contribution in [0.5, 0.6) is 0 Å². The summed E-state index contributed by atoms with van der Waals surface area (Å²) < 4.78 is 0. The molecule has 4 nitrogen and oxygen atoms in total. The third kappa shape index (κ3) is 2.13. The molecule has 0 aliphatic carbocycles. The Labute approximate surface area is 106 Å². The van der Waals surface area contributed by atoms with Crippen LogP contribution in [0.25, 0.3) is 0 Å². The van der Waals surface area contributed by atoms with Crippen molar-refractivity contribution in [3.05, 3.63) is 11.5 Å². The number of aromatic nitrogens is 2. The molecule has 1 N–H and O–H groups in total. The van der Waals surface area contributed by atoms with Crippen LogP contribution < -0.4 is 10.2 Å². The van der Waals surface area contributed by atoms with Gasteiger partial charge in [-0.25, -0.2) is 9.97 Å². The van der Waals surface area contributed by atoms with Crippen molar-refractivity contribution in [1.29, 1.82) is 0 Å². The highest BCUT2D eigenvalue weighted by atomic mass is 32.2. The zero-order valence-corrected chi connectivity index (χ0v) is 11.0. The molecule has 0 spiro atoms. The highest BCUT2D eigenvalue weighted by Crippen LogP contribution is 2.37. The Morgan fingerprint density at radius 1 is 1.29 bits per heavy atom. The highest BCUT2D eigenvalue weighted by Gasteiger charge is 2.24. The first-order chi connectivity index (χ1) is 8.38. The summed E-state index contributed by atoms with van der Waals surface area (Å²) in [5.74, 6) is 3.35. The summed E-state index contributed by atoms with van der Waals surface area (Å²) in [4.78, 5) is 13.2. The van der Waals surface area contributed by atoms with Gasteiger partial charge in [0.1, 0.15) is 11.6 Å². The molecule has 2 aliphatic heterocycles. The second-order valence-corrected chi connectivity index (χ2v) is 5.53. The molecule has 0 bridgehead atoms. The zero-order chi connectivity index (χ0) is 11.7. The monoisotopic (exact) mass is 250 g/mol. The fourth-order valence-electron chi connectivity index (χ4n) is 2.35. The molecule has 92 valence electrons. The van der Waals surface area contributed by atoms with Gasteiger partial charge in [-0.3, -0.25) is 0 Å². The molecule has 17 heavy (non-hydrogen) atoms. The third-order valence-electron chi connectivity index (χ3n) is 3.28. The first kappa shape index (κ1) is 11.3. The molecule has 0 saturated carbocycles. The number of fused-ring (bicyclic) bond motifs is 1. The number of anilines is 1. The largest absolute Gasteiger partial charge is 0.353 e. The molecule has 0 unspecified atom stereocenters. The maximum absolute atomic E-state index is 4.75. The van der Waals surface area contributed by atoms with Gasteiger partial charge in [0.05, 0.1) is 10.6 Å². The highest BCUT2D eigenvalue weighted by molar-refractivity contribution is 7.99. The van der Waals surface area contributed by atoms with E-state index in [1.54, 1.807) is 0 Å². The normalized spacial score (nSPS) is 19.5. The van der Waals surface area contributed by atoms with Crippen molar-refractivity contribution in [2.75, 3.05) is 36.8 Å². The van der Waals surface area contributed by atoms with Crippen LogP contribution in [0.15, 0.2) is 4.90 Å². The zero-order valence-electron chi connectivity index (χ0n) is 10.2. The lowest BCUT2D eigenvalue weighted by Crippen LogP contribution is -2.44. The molecule has 0 aromatic carbocycles. The van der Waals surface area contributed by atoms with Crippen LogP contribution in [0.3, 0.4) is 0 Å². The Bertz CT molecular complexity index is 415. The van der Waals surface area contributed by atoms with Crippen LogP contribution in [-0.2, 0) is 12.8 Å². The number of hydrogen-bond donors (Lipinski definition) is 1. The Hall–Kier alpha value is -0.810. The van der Waals surface area contributed by atoms with Crippen molar-refractivity contribution in [3.63, 3.8) is 0 Å². The molecule has 1 aromatic rings. The fourth-order valence-corrected chi connectivity index (χ4v) is 3.47. The first-order valence-electron chi connectivity index (χ1n) is 6.36. The molecule has 1 aromatic heterocycles. The number of thioether (sulfide) groups is 1. The van der Waals surface area contributed by atoms with Crippen LogP contribution in [0, 0.1) is 0 Å². The number of nitrogens with zero attached hydrogens (tertiary/aromatic N) is 3.